The van der Waals surface area contributed by atoms with Crippen molar-refractivity contribution in [3.05, 3.63) is 119 Å². The number of aliphatic hydroxyl groups is 1. The maximum Gasteiger partial charge on any atom is 0.184 e. The first-order valence-corrected chi connectivity index (χ1v) is 13.1. The van der Waals surface area contributed by atoms with Gasteiger partial charge in [-0.3, -0.25) is 0 Å². The van der Waals surface area contributed by atoms with Crippen LogP contribution in [0.1, 0.15) is 41.1 Å². The molecule has 0 aliphatic carbocycles. The fraction of sp³-hybridized carbons (Fsp3) is 0.233. The minimum atomic E-state index is -0.472. The lowest BCUT2D eigenvalue weighted by atomic mass is 9.99. The van der Waals surface area contributed by atoms with Gasteiger partial charge in [-0.25, -0.2) is 4.98 Å². The summed E-state index contributed by atoms with van der Waals surface area (Å²) in [6.45, 7) is 0.551. The van der Waals surface area contributed by atoms with Crippen molar-refractivity contribution < 1.29 is 14.6 Å². The minimum absolute atomic E-state index is 0.000753. The molecule has 2 heterocycles. The molecule has 0 spiro atoms. The molecule has 1 aromatic heterocycles. The van der Waals surface area contributed by atoms with Gasteiger partial charge in [0.05, 0.1) is 23.8 Å². The number of thioether (sulfide) groups is 1. The Balaban J connectivity index is 1.36. The van der Waals surface area contributed by atoms with Gasteiger partial charge >= 0.3 is 0 Å². The van der Waals surface area contributed by atoms with E-state index < -0.39 is 6.29 Å². The van der Waals surface area contributed by atoms with E-state index in [0.717, 1.165) is 50.6 Å². The monoisotopic (exact) mass is 498 g/mol. The summed E-state index contributed by atoms with van der Waals surface area (Å²) in [5.41, 5.74) is 12.2. The molecular formula is C30H30N2O3S. The number of rotatable bonds is 8. The predicted molar refractivity (Wildman–Crippen MR) is 143 cm³/mol. The van der Waals surface area contributed by atoms with Gasteiger partial charge in [0.2, 0.25) is 0 Å². The van der Waals surface area contributed by atoms with E-state index in [2.05, 4.69) is 41.4 Å². The third-order valence-corrected chi connectivity index (χ3v) is 7.42. The highest BCUT2D eigenvalue weighted by molar-refractivity contribution is 7.99. The highest BCUT2D eigenvalue weighted by atomic mass is 32.2. The van der Waals surface area contributed by atoms with Gasteiger partial charge in [0.25, 0.3) is 0 Å². The molecule has 36 heavy (non-hydrogen) atoms. The van der Waals surface area contributed by atoms with Gasteiger partial charge in [-0.15, -0.1) is 11.8 Å². The van der Waals surface area contributed by atoms with E-state index in [-0.39, 0.29) is 18.8 Å². The van der Waals surface area contributed by atoms with Crippen molar-refractivity contribution in [3.63, 3.8) is 0 Å². The van der Waals surface area contributed by atoms with Crippen LogP contribution in [0.25, 0.3) is 11.1 Å². The molecule has 0 radical (unpaired) electrons. The largest absolute Gasteiger partial charge is 0.392 e. The number of pyridine rings is 1. The maximum atomic E-state index is 9.42. The van der Waals surface area contributed by atoms with E-state index in [1.807, 2.05) is 60.8 Å². The topological polar surface area (TPSA) is 77.6 Å². The summed E-state index contributed by atoms with van der Waals surface area (Å²) in [7, 11) is 0. The quantitative estimate of drug-likeness (QED) is 0.289. The van der Waals surface area contributed by atoms with Gasteiger partial charge in [0.1, 0.15) is 0 Å². The average Bonchev–Trinajstić information content (AvgIpc) is 2.96. The number of nitrogens with two attached hydrogens (primary N) is 1. The zero-order valence-electron chi connectivity index (χ0n) is 20.0. The molecule has 1 aliphatic rings. The lowest BCUT2D eigenvalue weighted by molar-refractivity contribution is -0.245. The molecular weight excluding hydrogens is 468 g/mol. The molecule has 0 saturated carbocycles. The van der Waals surface area contributed by atoms with Gasteiger partial charge in [-0.1, -0.05) is 72.8 Å². The molecule has 3 aromatic carbocycles. The molecule has 3 atom stereocenters. The molecule has 1 aliphatic heterocycles. The first-order valence-electron chi connectivity index (χ1n) is 12.2. The minimum Gasteiger partial charge on any atom is -0.392 e. The van der Waals surface area contributed by atoms with Gasteiger partial charge in [-0.2, -0.15) is 0 Å². The van der Waals surface area contributed by atoms with E-state index in [1.165, 1.54) is 0 Å². The fourth-order valence-corrected chi connectivity index (χ4v) is 5.23. The van der Waals surface area contributed by atoms with Gasteiger partial charge < -0.3 is 20.3 Å². The van der Waals surface area contributed by atoms with Crippen LogP contribution in [0.3, 0.4) is 0 Å². The van der Waals surface area contributed by atoms with Crippen LogP contribution in [-0.2, 0) is 22.6 Å². The summed E-state index contributed by atoms with van der Waals surface area (Å²) in [5, 5.41) is 10.4. The number of benzene rings is 3. The van der Waals surface area contributed by atoms with Crippen molar-refractivity contribution in [2.75, 3.05) is 5.75 Å². The number of hydrogen-bond acceptors (Lipinski definition) is 6. The van der Waals surface area contributed by atoms with Crippen LogP contribution in [0, 0.1) is 0 Å². The van der Waals surface area contributed by atoms with Crippen molar-refractivity contribution in [3.8, 4) is 11.1 Å². The molecule has 1 fully saturated rings. The lowest BCUT2D eigenvalue weighted by Crippen LogP contribution is -2.31. The van der Waals surface area contributed by atoms with Crippen molar-refractivity contribution in [2.24, 2.45) is 5.73 Å². The molecule has 5 nitrogen and oxygen atoms in total. The SMILES string of the molecule is NCc1cccc(-c2ccc([C@@H]3O[C@H](CSc4ccccn4)C[C@H](c4ccc(CO)cc4)O3)cc2)c1. The smallest absolute Gasteiger partial charge is 0.184 e. The standard InChI is InChI=1S/C30H30N2O3S/c31-18-22-4-3-5-26(16-22)23-11-13-25(14-12-23)30-34-27(20-36-29-6-1-2-15-32-29)17-28(35-30)24-9-7-21(19-33)8-10-24/h1-16,27-28,30,33H,17-20,31H2/t27-,28+,30+/m0/s1. The Bertz CT molecular complexity index is 1250. The molecule has 5 rings (SSSR count). The Kier molecular flexibility index (Phi) is 8.11. The maximum absolute atomic E-state index is 9.42. The van der Waals surface area contributed by atoms with Crippen molar-refractivity contribution >= 4 is 11.8 Å². The summed E-state index contributed by atoms with van der Waals surface area (Å²) in [6.07, 6.45) is 1.98. The van der Waals surface area contributed by atoms with Crippen molar-refractivity contribution in [1.29, 1.82) is 0 Å². The summed E-state index contributed by atoms with van der Waals surface area (Å²) < 4.78 is 12.9. The van der Waals surface area contributed by atoms with Crippen LogP contribution in [0.5, 0.6) is 0 Å². The third-order valence-electron chi connectivity index (χ3n) is 6.35. The number of aromatic nitrogens is 1. The first-order chi connectivity index (χ1) is 17.7. The van der Waals surface area contributed by atoms with Gasteiger partial charge in [0.15, 0.2) is 6.29 Å². The first kappa shape index (κ1) is 24.7. The number of ether oxygens (including phenoxy) is 2. The molecule has 0 unspecified atom stereocenters. The second-order valence-electron chi connectivity index (χ2n) is 8.86. The fourth-order valence-electron chi connectivity index (χ4n) is 4.34. The molecule has 184 valence electrons. The van der Waals surface area contributed by atoms with Gasteiger partial charge in [-0.05, 0) is 46.0 Å². The molecule has 1 saturated heterocycles. The second-order valence-corrected chi connectivity index (χ2v) is 9.90. The number of hydrogen-bond donors (Lipinski definition) is 2. The summed E-state index contributed by atoms with van der Waals surface area (Å²) in [4.78, 5) is 4.43. The lowest BCUT2D eigenvalue weighted by Gasteiger charge is -2.36. The Labute approximate surface area is 216 Å². The van der Waals surface area contributed by atoms with E-state index >= 15 is 0 Å². The second kappa shape index (κ2) is 11.8. The van der Waals surface area contributed by atoms with Crippen LogP contribution in [0.2, 0.25) is 0 Å². The summed E-state index contributed by atoms with van der Waals surface area (Å²) >= 11 is 1.70. The molecule has 4 aromatic rings. The van der Waals surface area contributed by atoms with E-state index in [4.69, 9.17) is 15.2 Å². The van der Waals surface area contributed by atoms with E-state index in [0.29, 0.717) is 6.54 Å². The highest BCUT2D eigenvalue weighted by Crippen LogP contribution is 2.39. The van der Waals surface area contributed by atoms with Crippen LogP contribution in [0.4, 0.5) is 0 Å². The molecule has 3 N–H and O–H groups in total. The molecule has 0 bridgehead atoms. The normalized spacial score (nSPS) is 19.8. The van der Waals surface area contributed by atoms with Crippen molar-refractivity contribution in [2.45, 2.75) is 43.1 Å². The highest BCUT2D eigenvalue weighted by Gasteiger charge is 2.32. The van der Waals surface area contributed by atoms with Crippen LogP contribution in [-0.4, -0.2) is 21.9 Å². The number of aliphatic hydroxyl groups excluding tert-OH is 1. The van der Waals surface area contributed by atoms with Gasteiger partial charge in [0, 0.05) is 30.5 Å². The Morgan fingerprint density at radius 1 is 0.833 bits per heavy atom. The Morgan fingerprint density at radius 3 is 2.36 bits per heavy atom. The zero-order valence-corrected chi connectivity index (χ0v) is 20.8. The molecule has 0 amide bonds. The third kappa shape index (κ3) is 6.03. The zero-order chi connectivity index (χ0) is 24.7. The van der Waals surface area contributed by atoms with Crippen LogP contribution >= 0.6 is 11.8 Å². The Hall–Kier alpha value is -3.00. The van der Waals surface area contributed by atoms with Crippen molar-refractivity contribution in [1.82, 2.24) is 4.98 Å². The molecule has 6 heteroatoms. The van der Waals surface area contributed by atoms with Crippen LogP contribution < -0.4 is 5.73 Å². The number of nitrogens with zero attached hydrogens (tertiary/aromatic N) is 1. The Morgan fingerprint density at radius 2 is 1.64 bits per heavy atom. The van der Waals surface area contributed by atoms with Crippen LogP contribution in [0.15, 0.2) is 102 Å². The summed E-state index contributed by atoms with van der Waals surface area (Å²) in [6, 6.07) is 30.6. The summed E-state index contributed by atoms with van der Waals surface area (Å²) in [5.74, 6) is 0.784. The van der Waals surface area contributed by atoms with E-state index in [1.54, 1.807) is 11.8 Å². The average molecular weight is 499 g/mol. The van der Waals surface area contributed by atoms with E-state index in [9.17, 15) is 5.11 Å². The predicted octanol–water partition coefficient (Wildman–Crippen LogP) is 6.04.